The van der Waals surface area contributed by atoms with Crippen molar-refractivity contribution in [3.05, 3.63) is 40.3 Å². The standard InChI is InChI=1S/C10H13ClN2O3S/c1-2-3-4-5-13-17(15,16)8-6-9(11)10(14)12-7-8/h2,6-7,13H,1,3-5H2,(H,12,14). The molecule has 0 radical (unpaired) electrons. The fourth-order valence-corrected chi connectivity index (χ4v) is 2.43. The molecule has 0 amide bonds. The van der Waals surface area contributed by atoms with E-state index in [9.17, 15) is 13.2 Å². The summed E-state index contributed by atoms with van der Waals surface area (Å²) in [6, 6.07) is 1.12. The van der Waals surface area contributed by atoms with E-state index in [2.05, 4.69) is 16.3 Å². The second kappa shape index (κ2) is 6.00. The number of aromatic nitrogens is 1. The predicted molar refractivity (Wildman–Crippen MR) is 66.7 cm³/mol. The van der Waals surface area contributed by atoms with Crippen molar-refractivity contribution in [2.45, 2.75) is 17.7 Å². The number of nitrogens with one attached hydrogen (secondary N) is 2. The third-order valence-corrected chi connectivity index (χ3v) is 3.74. The van der Waals surface area contributed by atoms with Crippen LogP contribution < -0.4 is 10.3 Å². The number of hydrogen-bond donors (Lipinski definition) is 2. The molecule has 17 heavy (non-hydrogen) atoms. The molecule has 0 aliphatic rings. The first-order valence-corrected chi connectivity index (χ1v) is 6.82. The second-order valence-corrected chi connectivity index (χ2v) is 5.52. The number of aromatic amines is 1. The van der Waals surface area contributed by atoms with E-state index in [0.29, 0.717) is 13.0 Å². The summed E-state index contributed by atoms with van der Waals surface area (Å²) in [5.74, 6) is 0. The van der Waals surface area contributed by atoms with Gasteiger partial charge in [-0.25, -0.2) is 13.1 Å². The van der Waals surface area contributed by atoms with Gasteiger partial charge in [0.1, 0.15) is 5.02 Å². The van der Waals surface area contributed by atoms with E-state index in [0.717, 1.165) is 18.7 Å². The highest BCUT2D eigenvalue weighted by Gasteiger charge is 2.14. The molecule has 1 aromatic heterocycles. The Morgan fingerprint density at radius 2 is 2.24 bits per heavy atom. The molecule has 5 nitrogen and oxygen atoms in total. The van der Waals surface area contributed by atoms with E-state index in [1.807, 2.05) is 0 Å². The van der Waals surface area contributed by atoms with E-state index in [4.69, 9.17) is 11.6 Å². The lowest BCUT2D eigenvalue weighted by Gasteiger charge is -2.05. The average Bonchev–Trinajstić information content (AvgIpc) is 2.28. The Hall–Kier alpha value is -1.11. The number of pyridine rings is 1. The molecular weight excluding hydrogens is 264 g/mol. The van der Waals surface area contributed by atoms with Crippen molar-refractivity contribution in [2.24, 2.45) is 0 Å². The van der Waals surface area contributed by atoms with Crippen molar-refractivity contribution >= 4 is 21.6 Å². The number of rotatable bonds is 6. The van der Waals surface area contributed by atoms with Crippen LogP contribution in [0.5, 0.6) is 0 Å². The minimum atomic E-state index is -3.62. The Balaban J connectivity index is 2.79. The van der Waals surface area contributed by atoms with Crippen LogP contribution in [0.1, 0.15) is 12.8 Å². The summed E-state index contributed by atoms with van der Waals surface area (Å²) in [5, 5.41) is -0.154. The number of H-pyrrole nitrogens is 1. The minimum absolute atomic E-state index is 0.0549. The smallest absolute Gasteiger partial charge is 0.266 e. The minimum Gasteiger partial charge on any atom is -0.326 e. The van der Waals surface area contributed by atoms with Crippen molar-refractivity contribution in [3.8, 4) is 0 Å². The van der Waals surface area contributed by atoms with Gasteiger partial charge in [-0.15, -0.1) is 6.58 Å². The molecule has 2 N–H and O–H groups in total. The molecule has 0 aliphatic heterocycles. The summed E-state index contributed by atoms with van der Waals surface area (Å²) in [4.78, 5) is 13.2. The second-order valence-electron chi connectivity index (χ2n) is 3.34. The van der Waals surface area contributed by atoms with Gasteiger partial charge in [-0.3, -0.25) is 4.79 Å². The van der Waals surface area contributed by atoms with Gasteiger partial charge in [0, 0.05) is 12.7 Å². The van der Waals surface area contributed by atoms with Gasteiger partial charge in [0.15, 0.2) is 0 Å². The van der Waals surface area contributed by atoms with Crippen molar-refractivity contribution in [2.75, 3.05) is 6.54 Å². The maximum atomic E-state index is 11.7. The highest BCUT2D eigenvalue weighted by molar-refractivity contribution is 7.89. The van der Waals surface area contributed by atoms with Gasteiger partial charge in [0.2, 0.25) is 10.0 Å². The number of allylic oxidation sites excluding steroid dienone is 1. The Kier molecular flexibility index (Phi) is 4.92. The molecule has 0 fully saturated rings. The fourth-order valence-electron chi connectivity index (χ4n) is 1.13. The molecule has 94 valence electrons. The van der Waals surface area contributed by atoms with E-state index in [1.54, 1.807) is 6.08 Å². The molecule has 7 heteroatoms. The monoisotopic (exact) mass is 276 g/mol. The zero-order chi connectivity index (χ0) is 12.9. The lowest BCUT2D eigenvalue weighted by atomic mass is 10.3. The molecular formula is C10H13ClN2O3S. The van der Waals surface area contributed by atoms with Crippen LogP contribution in [0.25, 0.3) is 0 Å². The molecule has 0 aromatic carbocycles. The lowest BCUT2D eigenvalue weighted by molar-refractivity contribution is 0.579. The topological polar surface area (TPSA) is 79.0 Å². The van der Waals surface area contributed by atoms with E-state index in [1.165, 1.54) is 0 Å². The lowest BCUT2D eigenvalue weighted by Crippen LogP contribution is -2.25. The highest BCUT2D eigenvalue weighted by Crippen LogP contribution is 2.10. The zero-order valence-corrected chi connectivity index (χ0v) is 10.6. The molecule has 0 saturated heterocycles. The van der Waals surface area contributed by atoms with Crippen molar-refractivity contribution in [1.29, 1.82) is 0 Å². The first kappa shape index (κ1) is 14.0. The maximum Gasteiger partial charge on any atom is 0.266 e. The molecule has 0 saturated carbocycles. The SMILES string of the molecule is C=CCCCNS(=O)(=O)c1c[nH]c(=O)c(Cl)c1. The van der Waals surface area contributed by atoms with Gasteiger partial charge in [0.25, 0.3) is 5.56 Å². The van der Waals surface area contributed by atoms with Crippen molar-refractivity contribution in [3.63, 3.8) is 0 Å². The van der Waals surface area contributed by atoms with Gasteiger partial charge >= 0.3 is 0 Å². The molecule has 0 unspecified atom stereocenters. The normalized spacial score (nSPS) is 11.4. The molecule has 0 atom stereocenters. The number of unbranched alkanes of at least 4 members (excludes halogenated alkanes) is 1. The highest BCUT2D eigenvalue weighted by atomic mass is 35.5. The maximum absolute atomic E-state index is 11.7. The Labute approximate surface area is 105 Å². The third-order valence-electron chi connectivity index (χ3n) is 2.02. The van der Waals surface area contributed by atoms with Crippen LogP contribution in [0.3, 0.4) is 0 Å². The van der Waals surface area contributed by atoms with E-state index >= 15 is 0 Å². The quantitative estimate of drug-likeness (QED) is 0.607. The Bertz CT molecular complexity index is 551. The Morgan fingerprint density at radius 1 is 1.53 bits per heavy atom. The first-order chi connectivity index (χ1) is 7.97. The van der Waals surface area contributed by atoms with Crippen LogP contribution in [0.2, 0.25) is 5.02 Å². The van der Waals surface area contributed by atoms with Gasteiger partial charge in [-0.2, -0.15) is 0 Å². The molecule has 0 bridgehead atoms. The molecule has 0 spiro atoms. The molecule has 0 aliphatic carbocycles. The summed E-state index contributed by atoms with van der Waals surface area (Å²) in [6.45, 7) is 3.85. The predicted octanol–water partition coefficient (Wildman–Crippen LogP) is 1.27. The van der Waals surface area contributed by atoms with Crippen molar-refractivity contribution in [1.82, 2.24) is 9.71 Å². The number of halogens is 1. The van der Waals surface area contributed by atoms with E-state index < -0.39 is 15.6 Å². The summed E-state index contributed by atoms with van der Waals surface area (Å²) in [5.41, 5.74) is -0.516. The summed E-state index contributed by atoms with van der Waals surface area (Å²) in [7, 11) is -3.62. The van der Waals surface area contributed by atoms with Crippen LogP contribution in [0.4, 0.5) is 0 Å². The van der Waals surface area contributed by atoms with Crippen LogP contribution in [0.15, 0.2) is 34.6 Å². The Morgan fingerprint density at radius 3 is 2.82 bits per heavy atom. The van der Waals surface area contributed by atoms with Crippen LogP contribution in [0, 0.1) is 0 Å². The van der Waals surface area contributed by atoms with Crippen molar-refractivity contribution < 1.29 is 8.42 Å². The van der Waals surface area contributed by atoms with Gasteiger partial charge in [-0.05, 0) is 18.9 Å². The van der Waals surface area contributed by atoms with Crippen LogP contribution in [-0.2, 0) is 10.0 Å². The first-order valence-electron chi connectivity index (χ1n) is 4.96. The summed E-state index contributed by atoms with van der Waals surface area (Å²) < 4.78 is 25.9. The fraction of sp³-hybridized carbons (Fsp3) is 0.300. The van der Waals surface area contributed by atoms with Gasteiger partial charge in [-0.1, -0.05) is 17.7 Å². The van der Waals surface area contributed by atoms with Crippen LogP contribution >= 0.6 is 11.6 Å². The summed E-state index contributed by atoms with van der Waals surface area (Å²) in [6.07, 6.45) is 4.23. The molecule has 1 rings (SSSR count). The van der Waals surface area contributed by atoms with Crippen LogP contribution in [-0.4, -0.2) is 19.9 Å². The van der Waals surface area contributed by atoms with E-state index in [-0.39, 0.29) is 9.92 Å². The third kappa shape index (κ3) is 3.99. The summed E-state index contributed by atoms with van der Waals surface area (Å²) >= 11 is 5.55. The number of hydrogen-bond acceptors (Lipinski definition) is 3. The molecule has 1 aromatic rings. The molecule has 1 heterocycles. The van der Waals surface area contributed by atoms with Gasteiger partial charge < -0.3 is 4.98 Å². The number of sulfonamides is 1. The zero-order valence-electron chi connectivity index (χ0n) is 9.07. The largest absolute Gasteiger partial charge is 0.326 e. The van der Waals surface area contributed by atoms with Gasteiger partial charge in [0.05, 0.1) is 4.90 Å². The average molecular weight is 277 g/mol.